The molecule has 0 bridgehead atoms. The zero-order valence-corrected chi connectivity index (χ0v) is 13.0. The fraction of sp³-hybridized carbons (Fsp3) is 0.600. The number of carboxylic acid groups (broad SMARTS) is 1. The summed E-state index contributed by atoms with van der Waals surface area (Å²) in [7, 11) is 0. The van der Waals surface area contributed by atoms with Gasteiger partial charge in [-0.15, -0.1) is 11.3 Å². The molecule has 110 valence electrons. The van der Waals surface area contributed by atoms with Crippen LogP contribution in [0.25, 0.3) is 0 Å². The molecule has 1 aliphatic carbocycles. The maximum Gasteiger partial charge on any atom is 0.322 e. The first-order valence-corrected chi connectivity index (χ1v) is 7.70. The fourth-order valence-electron chi connectivity index (χ4n) is 2.62. The van der Waals surface area contributed by atoms with Crippen LogP contribution in [0.1, 0.15) is 47.3 Å². The van der Waals surface area contributed by atoms with Crippen molar-refractivity contribution in [1.82, 2.24) is 5.32 Å². The SMILES string of the molecule is CC(C)(C)C1CCc2sc(C(=O)NCC(=O)O)cc2C1. The predicted octanol–water partition coefficient (Wildman–Crippen LogP) is 2.71. The lowest BCUT2D eigenvalue weighted by molar-refractivity contribution is -0.135. The van der Waals surface area contributed by atoms with E-state index in [9.17, 15) is 9.59 Å². The summed E-state index contributed by atoms with van der Waals surface area (Å²) in [6, 6.07) is 1.94. The van der Waals surface area contributed by atoms with Crippen molar-refractivity contribution in [3.63, 3.8) is 0 Å². The number of fused-ring (bicyclic) bond motifs is 1. The summed E-state index contributed by atoms with van der Waals surface area (Å²) in [5.41, 5.74) is 1.55. The van der Waals surface area contributed by atoms with Crippen LogP contribution in [0.2, 0.25) is 0 Å². The number of carbonyl (C=O) groups is 2. The molecule has 1 unspecified atom stereocenters. The summed E-state index contributed by atoms with van der Waals surface area (Å²) in [6.07, 6.45) is 3.20. The van der Waals surface area contributed by atoms with Gasteiger partial charge in [0.25, 0.3) is 5.91 Å². The van der Waals surface area contributed by atoms with Crippen molar-refractivity contribution in [3.8, 4) is 0 Å². The number of nitrogens with one attached hydrogen (secondary N) is 1. The molecule has 1 amide bonds. The molecule has 1 aromatic heterocycles. The number of carboxylic acids is 1. The highest BCUT2D eigenvalue weighted by Crippen LogP contribution is 2.39. The van der Waals surface area contributed by atoms with Gasteiger partial charge in [0.1, 0.15) is 6.54 Å². The third-order valence-corrected chi connectivity index (χ3v) is 5.17. The molecule has 0 aromatic carbocycles. The molecule has 2 rings (SSSR count). The highest BCUT2D eigenvalue weighted by Gasteiger charge is 2.30. The summed E-state index contributed by atoms with van der Waals surface area (Å²) in [5, 5.41) is 11.0. The summed E-state index contributed by atoms with van der Waals surface area (Å²) < 4.78 is 0. The van der Waals surface area contributed by atoms with Crippen LogP contribution in [0.4, 0.5) is 0 Å². The van der Waals surface area contributed by atoms with E-state index in [1.54, 1.807) is 0 Å². The van der Waals surface area contributed by atoms with E-state index in [1.165, 1.54) is 21.8 Å². The highest BCUT2D eigenvalue weighted by molar-refractivity contribution is 7.14. The first-order valence-electron chi connectivity index (χ1n) is 6.89. The molecule has 0 spiro atoms. The van der Waals surface area contributed by atoms with Crippen molar-refractivity contribution in [2.75, 3.05) is 6.54 Å². The Morgan fingerprint density at radius 2 is 2.15 bits per heavy atom. The average molecular weight is 295 g/mol. The van der Waals surface area contributed by atoms with Crippen molar-refractivity contribution in [3.05, 3.63) is 21.4 Å². The molecule has 1 aromatic rings. The molecule has 0 saturated heterocycles. The first-order chi connectivity index (χ1) is 9.27. The van der Waals surface area contributed by atoms with Crippen molar-refractivity contribution in [1.29, 1.82) is 0 Å². The fourth-order valence-corrected chi connectivity index (χ4v) is 3.74. The van der Waals surface area contributed by atoms with Gasteiger partial charge in [-0.05, 0) is 42.2 Å². The first kappa shape index (κ1) is 15.0. The molecule has 4 nitrogen and oxygen atoms in total. The lowest BCUT2D eigenvalue weighted by atomic mass is 9.72. The van der Waals surface area contributed by atoms with Crippen LogP contribution in [0.15, 0.2) is 6.07 Å². The smallest absolute Gasteiger partial charge is 0.322 e. The minimum absolute atomic E-state index is 0.279. The Bertz CT molecular complexity index is 528. The molecule has 1 atom stereocenters. The van der Waals surface area contributed by atoms with Crippen LogP contribution >= 0.6 is 11.3 Å². The van der Waals surface area contributed by atoms with Gasteiger partial charge in [-0.3, -0.25) is 9.59 Å². The van der Waals surface area contributed by atoms with Gasteiger partial charge in [0.2, 0.25) is 0 Å². The lowest BCUT2D eigenvalue weighted by Gasteiger charge is -2.33. The Hall–Kier alpha value is -1.36. The molecule has 1 heterocycles. The second kappa shape index (κ2) is 5.56. The normalized spacial score (nSPS) is 18.4. The Balaban J connectivity index is 2.09. The second-order valence-electron chi connectivity index (χ2n) is 6.44. The van der Waals surface area contributed by atoms with E-state index in [0.29, 0.717) is 10.8 Å². The summed E-state index contributed by atoms with van der Waals surface area (Å²) in [6.45, 7) is 6.45. The number of aryl methyl sites for hydroxylation is 1. The van der Waals surface area contributed by atoms with Gasteiger partial charge in [0.05, 0.1) is 4.88 Å². The molecule has 0 fully saturated rings. The number of aliphatic carboxylic acids is 1. The van der Waals surface area contributed by atoms with Crippen LogP contribution in [0.5, 0.6) is 0 Å². The Morgan fingerprint density at radius 1 is 1.45 bits per heavy atom. The van der Waals surface area contributed by atoms with Crippen LogP contribution in [-0.4, -0.2) is 23.5 Å². The van der Waals surface area contributed by atoms with E-state index in [2.05, 4.69) is 26.1 Å². The minimum atomic E-state index is -1.02. The lowest BCUT2D eigenvalue weighted by Crippen LogP contribution is -2.28. The minimum Gasteiger partial charge on any atom is -0.480 e. The molecule has 20 heavy (non-hydrogen) atoms. The van der Waals surface area contributed by atoms with Gasteiger partial charge < -0.3 is 10.4 Å². The van der Waals surface area contributed by atoms with Crippen LogP contribution in [0.3, 0.4) is 0 Å². The van der Waals surface area contributed by atoms with Crippen LogP contribution in [0, 0.1) is 11.3 Å². The Labute approximate surface area is 123 Å². The molecule has 1 aliphatic rings. The molecular formula is C15H21NO3S. The number of thiophene rings is 1. The maximum atomic E-state index is 11.9. The van der Waals surface area contributed by atoms with Crippen LogP contribution < -0.4 is 5.32 Å². The zero-order chi connectivity index (χ0) is 14.9. The summed E-state index contributed by atoms with van der Waals surface area (Å²) in [4.78, 5) is 24.3. The largest absolute Gasteiger partial charge is 0.480 e. The van der Waals surface area contributed by atoms with E-state index in [1.807, 2.05) is 6.07 Å². The highest BCUT2D eigenvalue weighted by atomic mass is 32.1. The molecular weight excluding hydrogens is 274 g/mol. The van der Waals surface area contributed by atoms with Crippen molar-refractivity contribution >= 4 is 23.2 Å². The molecule has 0 saturated carbocycles. The van der Waals surface area contributed by atoms with E-state index >= 15 is 0 Å². The molecule has 0 aliphatic heterocycles. The number of hydrogen-bond donors (Lipinski definition) is 2. The Morgan fingerprint density at radius 3 is 2.75 bits per heavy atom. The van der Waals surface area contributed by atoms with E-state index in [0.717, 1.165) is 19.3 Å². The zero-order valence-electron chi connectivity index (χ0n) is 12.2. The van der Waals surface area contributed by atoms with Crippen molar-refractivity contribution in [2.24, 2.45) is 11.3 Å². The maximum absolute atomic E-state index is 11.9. The van der Waals surface area contributed by atoms with Crippen LogP contribution in [-0.2, 0) is 17.6 Å². The van der Waals surface area contributed by atoms with Gasteiger partial charge in [0.15, 0.2) is 0 Å². The standard InChI is InChI=1S/C15H21NO3S/c1-15(2,3)10-4-5-11-9(6-10)7-12(20-11)14(19)16-8-13(17)18/h7,10H,4-6,8H2,1-3H3,(H,16,19)(H,17,18). The third kappa shape index (κ3) is 3.39. The van der Waals surface area contributed by atoms with Gasteiger partial charge in [0, 0.05) is 4.88 Å². The number of amides is 1. The van der Waals surface area contributed by atoms with Gasteiger partial charge in [-0.2, -0.15) is 0 Å². The average Bonchev–Trinajstić information content (AvgIpc) is 2.77. The van der Waals surface area contributed by atoms with E-state index < -0.39 is 5.97 Å². The van der Waals surface area contributed by atoms with Gasteiger partial charge >= 0.3 is 5.97 Å². The molecule has 5 heteroatoms. The van der Waals surface area contributed by atoms with Crippen molar-refractivity contribution < 1.29 is 14.7 Å². The van der Waals surface area contributed by atoms with E-state index in [4.69, 9.17) is 5.11 Å². The van der Waals surface area contributed by atoms with Crippen molar-refractivity contribution in [2.45, 2.75) is 40.0 Å². The predicted molar refractivity (Wildman–Crippen MR) is 79.3 cm³/mol. The topological polar surface area (TPSA) is 66.4 Å². The molecule has 2 N–H and O–H groups in total. The Kier molecular flexibility index (Phi) is 4.18. The molecule has 0 radical (unpaired) electrons. The number of carbonyl (C=O) groups excluding carboxylic acids is 1. The summed E-state index contributed by atoms with van der Waals surface area (Å²) in [5.74, 6) is -0.661. The van der Waals surface area contributed by atoms with Gasteiger partial charge in [-0.25, -0.2) is 0 Å². The van der Waals surface area contributed by atoms with Gasteiger partial charge in [-0.1, -0.05) is 20.8 Å². The monoisotopic (exact) mass is 295 g/mol. The summed E-state index contributed by atoms with van der Waals surface area (Å²) >= 11 is 1.50. The number of rotatable bonds is 3. The number of hydrogen-bond acceptors (Lipinski definition) is 3. The third-order valence-electron chi connectivity index (χ3n) is 3.93. The van der Waals surface area contributed by atoms with E-state index in [-0.39, 0.29) is 17.9 Å². The quantitative estimate of drug-likeness (QED) is 0.901. The second-order valence-corrected chi connectivity index (χ2v) is 7.58.